The van der Waals surface area contributed by atoms with E-state index in [1.165, 1.54) is 0 Å². The number of aromatic nitrogens is 1. The molecule has 2 amide bonds. The molecule has 0 aromatic carbocycles. The third-order valence-corrected chi connectivity index (χ3v) is 5.94. The summed E-state index contributed by atoms with van der Waals surface area (Å²) in [6, 6.07) is 3.92. The molecular weight excluding hydrogens is 346 g/mol. The minimum absolute atomic E-state index is 0.0818. The molecule has 1 spiro atoms. The van der Waals surface area contributed by atoms with Crippen LogP contribution in [0.4, 0.5) is 0 Å². The molecule has 3 fully saturated rings. The van der Waals surface area contributed by atoms with Gasteiger partial charge < -0.3 is 19.3 Å². The zero-order chi connectivity index (χ0) is 18.9. The molecule has 1 aliphatic carbocycles. The molecule has 2 atom stereocenters. The van der Waals surface area contributed by atoms with E-state index in [1.807, 2.05) is 24.1 Å². The second-order valence-electron chi connectivity index (χ2n) is 7.75. The largest absolute Gasteiger partial charge is 0.347 e. The molecule has 27 heavy (non-hydrogen) atoms. The van der Waals surface area contributed by atoms with E-state index in [4.69, 9.17) is 9.47 Å². The number of hydrogen-bond donors (Lipinski definition) is 0. The van der Waals surface area contributed by atoms with Gasteiger partial charge in [-0.3, -0.25) is 14.6 Å². The van der Waals surface area contributed by atoms with Crippen molar-refractivity contribution in [2.24, 2.45) is 11.8 Å². The second kappa shape index (κ2) is 7.56. The number of carbonyl (C=O) groups excluding carboxylic acids is 2. The Labute approximate surface area is 159 Å². The first-order valence-corrected chi connectivity index (χ1v) is 9.79. The van der Waals surface area contributed by atoms with Crippen molar-refractivity contribution in [2.75, 3.05) is 39.9 Å². The van der Waals surface area contributed by atoms with Crippen molar-refractivity contribution in [3.63, 3.8) is 0 Å². The predicted molar refractivity (Wildman–Crippen MR) is 97.6 cm³/mol. The van der Waals surface area contributed by atoms with Gasteiger partial charge in [0.25, 0.3) is 0 Å². The summed E-state index contributed by atoms with van der Waals surface area (Å²) in [4.78, 5) is 33.0. The third-order valence-electron chi connectivity index (χ3n) is 5.94. The monoisotopic (exact) mass is 373 g/mol. The van der Waals surface area contributed by atoms with Crippen LogP contribution in [0.3, 0.4) is 0 Å². The fraction of sp³-hybridized carbons (Fsp3) is 0.650. The molecule has 7 nitrogen and oxygen atoms in total. The first-order valence-electron chi connectivity index (χ1n) is 9.79. The van der Waals surface area contributed by atoms with E-state index < -0.39 is 5.79 Å². The molecule has 4 rings (SSSR count). The molecule has 3 aliphatic rings. The fourth-order valence-electron chi connectivity index (χ4n) is 4.07. The summed E-state index contributed by atoms with van der Waals surface area (Å²) in [6.07, 6.45) is 6.43. The number of piperidine rings is 1. The molecule has 146 valence electrons. The average Bonchev–Trinajstić information content (AvgIpc) is 3.39. The van der Waals surface area contributed by atoms with Crippen molar-refractivity contribution in [1.82, 2.24) is 14.8 Å². The molecule has 7 heteroatoms. The van der Waals surface area contributed by atoms with Crippen molar-refractivity contribution >= 4 is 11.8 Å². The van der Waals surface area contributed by atoms with Crippen LogP contribution in [0.2, 0.25) is 0 Å². The van der Waals surface area contributed by atoms with Gasteiger partial charge in [0.1, 0.15) is 0 Å². The lowest BCUT2D eigenvalue weighted by Crippen LogP contribution is -2.48. The number of ether oxygens (including phenoxy) is 2. The quantitative estimate of drug-likeness (QED) is 0.772. The van der Waals surface area contributed by atoms with E-state index in [-0.39, 0.29) is 23.7 Å². The van der Waals surface area contributed by atoms with Crippen LogP contribution < -0.4 is 0 Å². The molecule has 0 N–H and O–H groups in total. The Balaban J connectivity index is 1.23. The molecule has 1 aromatic rings. The van der Waals surface area contributed by atoms with Gasteiger partial charge in [-0.15, -0.1) is 0 Å². The first-order chi connectivity index (χ1) is 13.1. The van der Waals surface area contributed by atoms with Gasteiger partial charge in [0.2, 0.25) is 11.8 Å². The van der Waals surface area contributed by atoms with Crippen LogP contribution in [0.5, 0.6) is 0 Å². The summed E-state index contributed by atoms with van der Waals surface area (Å²) in [5.41, 5.74) is 1.16. The summed E-state index contributed by atoms with van der Waals surface area (Å²) < 4.78 is 11.4. The van der Waals surface area contributed by atoms with E-state index in [2.05, 4.69) is 4.98 Å². The minimum Gasteiger partial charge on any atom is -0.347 e. The second-order valence-corrected chi connectivity index (χ2v) is 7.75. The van der Waals surface area contributed by atoms with E-state index in [0.717, 1.165) is 24.8 Å². The van der Waals surface area contributed by atoms with E-state index in [0.29, 0.717) is 39.3 Å². The highest BCUT2D eigenvalue weighted by atomic mass is 16.7. The van der Waals surface area contributed by atoms with Crippen LogP contribution in [-0.2, 0) is 25.5 Å². The highest BCUT2D eigenvalue weighted by Gasteiger charge is 2.51. The minimum atomic E-state index is -0.470. The smallest absolute Gasteiger partial charge is 0.226 e. The Kier molecular flexibility index (Phi) is 5.14. The van der Waals surface area contributed by atoms with Gasteiger partial charge >= 0.3 is 0 Å². The Morgan fingerprint density at radius 2 is 1.85 bits per heavy atom. The maximum atomic E-state index is 12.7. The number of carbonyl (C=O) groups is 2. The molecule has 2 saturated heterocycles. The van der Waals surface area contributed by atoms with Crippen molar-refractivity contribution in [2.45, 2.75) is 31.5 Å². The summed E-state index contributed by atoms with van der Waals surface area (Å²) in [6.45, 7) is 3.22. The number of likely N-dealkylation sites (tertiary alicyclic amines) is 1. The Morgan fingerprint density at radius 3 is 2.52 bits per heavy atom. The number of hydrogen-bond acceptors (Lipinski definition) is 5. The zero-order valence-corrected chi connectivity index (χ0v) is 15.8. The summed E-state index contributed by atoms with van der Waals surface area (Å²) in [5.74, 6) is -0.583. The molecule has 2 unspecified atom stereocenters. The van der Waals surface area contributed by atoms with Crippen LogP contribution in [0.15, 0.2) is 24.5 Å². The lowest BCUT2D eigenvalue weighted by molar-refractivity contribution is -0.187. The van der Waals surface area contributed by atoms with Crippen LogP contribution in [0.25, 0.3) is 0 Å². The standard InChI is InChI=1S/C20H27N3O4/c1-22(9-4-15-2-7-21-8-3-15)18(24)16-14-17(16)19(25)23-10-5-20(6-11-23)26-12-13-27-20/h2-3,7-8,16-17H,4-6,9-14H2,1H3. The molecule has 1 aromatic heterocycles. The highest BCUT2D eigenvalue weighted by Crippen LogP contribution is 2.42. The van der Waals surface area contributed by atoms with Gasteiger partial charge in [-0.05, 0) is 30.5 Å². The van der Waals surface area contributed by atoms with E-state index in [9.17, 15) is 9.59 Å². The van der Waals surface area contributed by atoms with E-state index >= 15 is 0 Å². The van der Waals surface area contributed by atoms with Gasteiger partial charge in [-0.2, -0.15) is 0 Å². The lowest BCUT2D eigenvalue weighted by atomic mass is 10.0. The van der Waals surface area contributed by atoms with Crippen molar-refractivity contribution in [1.29, 1.82) is 0 Å². The number of likely N-dealkylation sites (N-methyl/N-ethyl adjacent to an activating group) is 1. The number of nitrogens with zero attached hydrogens (tertiary/aromatic N) is 3. The Hall–Kier alpha value is -1.99. The van der Waals surface area contributed by atoms with Crippen LogP contribution in [0, 0.1) is 11.8 Å². The van der Waals surface area contributed by atoms with Gasteiger partial charge in [-0.25, -0.2) is 0 Å². The van der Waals surface area contributed by atoms with Gasteiger partial charge in [0.05, 0.1) is 25.0 Å². The molecule has 2 aliphatic heterocycles. The predicted octanol–water partition coefficient (Wildman–Crippen LogP) is 1.08. The van der Waals surface area contributed by atoms with E-state index in [1.54, 1.807) is 17.3 Å². The third kappa shape index (κ3) is 3.99. The highest BCUT2D eigenvalue weighted by molar-refractivity contribution is 5.92. The van der Waals surface area contributed by atoms with Crippen LogP contribution in [-0.4, -0.2) is 72.3 Å². The first kappa shape index (κ1) is 18.4. The number of amides is 2. The lowest BCUT2D eigenvalue weighted by Gasteiger charge is -2.37. The van der Waals surface area contributed by atoms with Gasteiger partial charge in [-0.1, -0.05) is 0 Å². The topological polar surface area (TPSA) is 72.0 Å². The SMILES string of the molecule is CN(CCc1ccncc1)C(=O)C1CC1C(=O)N1CCC2(CC1)OCCO2. The summed E-state index contributed by atoms with van der Waals surface area (Å²) >= 11 is 0. The molecular formula is C20H27N3O4. The summed E-state index contributed by atoms with van der Waals surface area (Å²) in [5, 5.41) is 0. The van der Waals surface area contributed by atoms with Crippen molar-refractivity contribution < 1.29 is 19.1 Å². The van der Waals surface area contributed by atoms with Crippen LogP contribution in [0.1, 0.15) is 24.8 Å². The molecule has 0 radical (unpaired) electrons. The fourth-order valence-corrected chi connectivity index (χ4v) is 4.07. The molecule has 1 saturated carbocycles. The van der Waals surface area contributed by atoms with Crippen molar-refractivity contribution in [3.8, 4) is 0 Å². The van der Waals surface area contributed by atoms with Gasteiger partial charge in [0, 0.05) is 51.9 Å². The number of rotatable bonds is 5. The Bertz CT molecular complexity index is 680. The van der Waals surface area contributed by atoms with Crippen LogP contribution >= 0.6 is 0 Å². The molecule has 3 heterocycles. The van der Waals surface area contributed by atoms with Gasteiger partial charge in [0.15, 0.2) is 5.79 Å². The maximum absolute atomic E-state index is 12.7. The average molecular weight is 373 g/mol. The normalized spacial score (nSPS) is 26.2. The molecule has 0 bridgehead atoms. The zero-order valence-electron chi connectivity index (χ0n) is 15.8. The van der Waals surface area contributed by atoms with Crippen molar-refractivity contribution in [3.05, 3.63) is 30.1 Å². The number of pyridine rings is 1. The maximum Gasteiger partial charge on any atom is 0.226 e. The summed E-state index contributed by atoms with van der Waals surface area (Å²) in [7, 11) is 1.82. The Morgan fingerprint density at radius 1 is 1.19 bits per heavy atom.